The summed E-state index contributed by atoms with van der Waals surface area (Å²) >= 11 is 0. The van der Waals surface area contributed by atoms with Gasteiger partial charge < -0.3 is 11.5 Å². The highest BCUT2D eigenvalue weighted by Gasteiger charge is 1.60. The van der Waals surface area contributed by atoms with Crippen LogP contribution >= 0.6 is 0 Å². The van der Waals surface area contributed by atoms with E-state index in [4.69, 9.17) is 11.5 Å². The molecule has 0 radical (unpaired) electrons. The van der Waals surface area contributed by atoms with Crippen LogP contribution in [-0.4, -0.2) is 0 Å². The van der Waals surface area contributed by atoms with Crippen molar-refractivity contribution in [2.75, 3.05) is 0 Å². The van der Waals surface area contributed by atoms with E-state index in [-0.39, 0.29) is 0 Å². The van der Waals surface area contributed by atoms with Gasteiger partial charge in [0, 0.05) is 11.9 Å². The van der Waals surface area contributed by atoms with E-state index < -0.39 is 0 Å². The summed E-state index contributed by atoms with van der Waals surface area (Å²) in [5.74, 6) is 0. The summed E-state index contributed by atoms with van der Waals surface area (Å²) in [5, 5.41) is 0. The number of allylic oxidation sites excluding steroid dienone is 1. The summed E-state index contributed by atoms with van der Waals surface area (Å²) in [7, 11) is 0. The highest BCUT2D eigenvalue weighted by Crippen LogP contribution is 1.65. The van der Waals surface area contributed by atoms with Crippen molar-refractivity contribution in [2.45, 2.75) is 6.92 Å². The largest absolute Gasteiger partial charge is 0.403 e. The molecule has 0 aromatic rings. The van der Waals surface area contributed by atoms with E-state index in [1.807, 2.05) is 0 Å². The standard InChI is InChI=1S/C3H8N2/c1-3(5)2-4/h2H,4-5H2,1H3. The van der Waals surface area contributed by atoms with Gasteiger partial charge in [-0.3, -0.25) is 0 Å². The SMILES string of the molecule is CC(N)=CN. The third kappa shape index (κ3) is 3.34. The fraction of sp³-hybridized carbons (Fsp3) is 0.333. The Bertz CT molecular complexity index is 42.9. The van der Waals surface area contributed by atoms with Crippen LogP contribution in [0.1, 0.15) is 6.92 Å². The maximum atomic E-state index is 5.03. The highest BCUT2D eigenvalue weighted by atomic mass is 14.6. The smallest absolute Gasteiger partial charge is 0.0206 e. The second-order valence-corrected chi connectivity index (χ2v) is 0.911. The maximum absolute atomic E-state index is 5.03. The van der Waals surface area contributed by atoms with Crippen LogP contribution in [0.25, 0.3) is 0 Å². The summed E-state index contributed by atoms with van der Waals surface area (Å²) in [6.45, 7) is 1.74. The van der Waals surface area contributed by atoms with Crippen molar-refractivity contribution in [3.05, 3.63) is 11.9 Å². The Morgan fingerprint density at radius 3 is 2.00 bits per heavy atom. The molecule has 0 aromatic carbocycles. The molecule has 0 bridgehead atoms. The fourth-order valence-electron chi connectivity index (χ4n) is 0. The summed E-state index contributed by atoms with van der Waals surface area (Å²) < 4.78 is 0. The molecule has 4 N–H and O–H groups in total. The Morgan fingerprint density at radius 2 is 2.00 bits per heavy atom. The molecular weight excluding hydrogens is 64.0 g/mol. The van der Waals surface area contributed by atoms with Gasteiger partial charge in [0.25, 0.3) is 0 Å². The molecular formula is C3H8N2. The lowest BCUT2D eigenvalue weighted by Crippen LogP contribution is -1.93. The van der Waals surface area contributed by atoms with E-state index in [2.05, 4.69) is 0 Å². The van der Waals surface area contributed by atoms with Gasteiger partial charge in [-0.15, -0.1) is 0 Å². The van der Waals surface area contributed by atoms with Gasteiger partial charge in [0.1, 0.15) is 0 Å². The topological polar surface area (TPSA) is 52.0 Å². The van der Waals surface area contributed by atoms with Gasteiger partial charge in [-0.25, -0.2) is 0 Å². The Labute approximate surface area is 31.5 Å². The Balaban J connectivity index is 3.14. The Hall–Kier alpha value is -0.660. The molecule has 0 saturated carbocycles. The molecule has 0 aliphatic rings. The predicted octanol–water partition coefficient (Wildman–Crippen LogP) is -0.235. The lowest BCUT2D eigenvalue weighted by atomic mass is 10.6. The lowest BCUT2D eigenvalue weighted by molar-refractivity contribution is 1.28. The predicted molar refractivity (Wildman–Crippen MR) is 22.1 cm³/mol. The Kier molecular flexibility index (Phi) is 1.42. The van der Waals surface area contributed by atoms with Gasteiger partial charge in [0.05, 0.1) is 0 Å². The molecule has 5 heavy (non-hydrogen) atoms. The van der Waals surface area contributed by atoms with Crippen molar-refractivity contribution in [1.29, 1.82) is 0 Å². The van der Waals surface area contributed by atoms with Crippen LogP contribution in [0.4, 0.5) is 0 Å². The minimum Gasteiger partial charge on any atom is -0.403 e. The second kappa shape index (κ2) is 1.64. The number of hydrogen-bond donors (Lipinski definition) is 2. The monoisotopic (exact) mass is 72.1 g/mol. The third-order valence-corrected chi connectivity index (χ3v) is 0.263. The van der Waals surface area contributed by atoms with Crippen LogP contribution in [0.15, 0.2) is 11.9 Å². The van der Waals surface area contributed by atoms with Gasteiger partial charge in [-0.2, -0.15) is 0 Å². The molecule has 0 aliphatic heterocycles. The van der Waals surface area contributed by atoms with Crippen molar-refractivity contribution in [2.24, 2.45) is 11.5 Å². The van der Waals surface area contributed by atoms with Crippen LogP contribution in [0.5, 0.6) is 0 Å². The first-order valence-corrected chi connectivity index (χ1v) is 1.41. The van der Waals surface area contributed by atoms with Gasteiger partial charge in [0.15, 0.2) is 0 Å². The minimum atomic E-state index is 0.657. The lowest BCUT2D eigenvalue weighted by Gasteiger charge is -1.76. The molecule has 0 atom stereocenters. The summed E-state index contributed by atoms with van der Waals surface area (Å²) in [4.78, 5) is 0. The highest BCUT2D eigenvalue weighted by molar-refractivity contribution is 4.85. The van der Waals surface area contributed by atoms with Gasteiger partial charge in [-0.05, 0) is 6.92 Å². The van der Waals surface area contributed by atoms with Gasteiger partial charge in [-0.1, -0.05) is 0 Å². The first kappa shape index (κ1) is 4.34. The fourth-order valence-corrected chi connectivity index (χ4v) is 0. The van der Waals surface area contributed by atoms with Crippen molar-refractivity contribution >= 4 is 0 Å². The number of hydrogen-bond acceptors (Lipinski definition) is 2. The normalized spacial score (nSPS) is 11.8. The molecule has 2 heteroatoms. The van der Waals surface area contributed by atoms with Gasteiger partial charge in [0.2, 0.25) is 0 Å². The van der Waals surface area contributed by atoms with Crippen LogP contribution in [0.2, 0.25) is 0 Å². The van der Waals surface area contributed by atoms with Crippen molar-refractivity contribution in [1.82, 2.24) is 0 Å². The molecule has 0 amide bonds. The van der Waals surface area contributed by atoms with E-state index in [0.717, 1.165) is 0 Å². The van der Waals surface area contributed by atoms with E-state index in [0.29, 0.717) is 5.70 Å². The van der Waals surface area contributed by atoms with E-state index in [9.17, 15) is 0 Å². The molecule has 0 fully saturated rings. The molecule has 0 spiro atoms. The average molecular weight is 72.1 g/mol. The number of rotatable bonds is 0. The minimum absolute atomic E-state index is 0.657. The second-order valence-electron chi connectivity index (χ2n) is 0.911. The molecule has 0 unspecified atom stereocenters. The Morgan fingerprint density at radius 1 is 1.80 bits per heavy atom. The molecule has 0 rings (SSSR count). The maximum Gasteiger partial charge on any atom is 0.0206 e. The number of nitrogens with two attached hydrogens (primary N) is 2. The molecule has 0 aliphatic carbocycles. The first-order valence-electron chi connectivity index (χ1n) is 1.41. The van der Waals surface area contributed by atoms with Crippen molar-refractivity contribution in [3.63, 3.8) is 0 Å². The van der Waals surface area contributed by atoms with Crippen LogP contribution < -0.4 is 11.5 Å². The van der Waals surface area contributed by atoms with Crippen LogP contribution in [-0.2, 0) is 0 Å². The quantitative estimate of drug-likeness (QED) is 0.415. The average Bonchev–Trinajstić information content (AvgIpc) is 1.38. The van der Waals surface area contributed by atoms with E-state index in [1.165, 1.54) is 6.20 Å². The summed E-state index contributed by atoms with van der Waals surface area (Å²) in [6.07, 6.45) is 1.36. The van der Waals surface area contributed by atoms with E-state index >= 15 is 0 Å². The molecule has 0 heterocycles. The summed E-state index contributed by atoms with van der Waals surface area (Å²) in [6, 6.07) is 0. The van der Waals surface area contributed by atoms with Crippen LogP contribution in [0.3, 0.4) is 0 Å². The summed E-state index contributed by atoms with van der Waals surface area (Å²) in [5.41, 5.74) is 10.6. The molecule has 2 nitrogen and oxygen atoms in total. The third-order valence-electron chi connectivity index (χ3n) is 0.263. The first-order chi connectivity index (χ1) is 2.27. The molecule has 0 aromatic heterocycles. The van der Waals surface area contributed by atoms with Crippen molar-refractivity contribution < 1.29 is 0 Å². The zero-order valence-electron chi connectivity index (χ0n) is 3.23. The zero-order chi connectivity index (χ0) is 4.28. The van der Waals surface area contributed by atoms with E-state index in [1.54, 1.807) is 6.92 Å². The zero-order valence-corrected chi connectivity index (χ0v) is 3.23. The molecule has 30 valence electrons. The van der Waals surface area contributed by atoms with Gasteiger partial charge >= 0.3 is 0 Å². The van der Waals surface area contributed by atoms with Crippen molar-refractivity contribution in [3.8, 4) is 0 Å². The molecule has 0 saturated heterocycles. The van der Waals surface area contributed by atoms with Crippen LogP contribution in [0, 0.1) is 0 Å².